The molecule has 1 aromatic heterocycles. The van der Waals surface area contributed by atoms with E-state index in [-0.39, 0.29) is 23.7 Å². The number of rotatable bonds is 1. The smallest absolute Gasteiger partial charge is 0.279 e. The predicted molar refractivity (Wildman–Crippen MR) is 93.7 cm³/mol. The zero-order valence-electron chi connectivity index (χ0n) is 13.4. The molecule has 0 saturated heterocycles. The zero-order valence-corrected chi connectivity index (χ0v) is 13.4. The second-order valence-corrected chi connectivity index (χ2v) is 5.78. The lowest BCUT2D eigenvalue weighted by Crippen LogP contribution is -2.43. The van der Waals surface area contributed by atoms with E-state index < -0.39 is 5.91 Å². The molecule has 0 aliphatic carbocycles. The van der Waals surface area contributed by atoms with Crippen LogP contribution in [-0.2, 0) is 11.8 Å². The van der Waals surface area contributed by atoms with E-state index in [0.29, 0.717) is 22.1 Å². The third kappa shape index (κ3) is 2.37. The molecule has 0 spiro atoms. The summed E-state index contributed by atoms with van der Waals surface area (Å²) >= 11 is 0. The number of aryl methyl sites for hydroxylation is 1. The standard InChI is InChI=1S/C18H14N4O3/c1-21-17(24)12-7-3-2-6-11(12)16(20-21)18(25)22-10-15(23)19-13-8-4-5-9-14(13)22/h2-9H,10H2,1H3,(H,19,23). The fourth-order valence-corrected chi connectivity index (χ4v) is 3.00. The summed E-state index contributed by atoms with van der Waals surface area (Å²) in [6.45, 7) is -0.102. The van der Waals surface area contributed by atoms with Crippen molar-refractivity contribution in [3.8, 4) is 0 Å². The van der Waals surface area contributed by atoms with Crippen molar-refractivity contribution in [2.24, 2.45) is 7.05 Å². The van der Waals surface area contributed by atoms with E-state index in [0.717, 1.165) is 4.68 Å². The van der Waals surface area contributed by atoms with Crippen LogP contribution in [0.3, 0.4) is 0 Å². The van der Waals surface area contributed by atoms with Crippen LogP contribution in [0.1, 0.15) is 10.5 Å². The Balaban J connectivity index is 1.91. The number of fused-ring (bicyclic) bond motifs is 2. The molecule has 2 amide bonds. The van der Waals surface area contributed by atoms with Crippen molar-refractivity contribution in [1.82, 2.24) is 9.78 Å². The van der Waals surface area contributed by atoms with Gasteiger partial charge in [0.05, 0.1) is 16.8 Å². The molecule has 0 atom stereocenters. The maximum Gasteiger partial charge on any atom is 0.279 e. The Morgan fingerprint density at radius 2 is 1.72 bits per heavy atom. The Morgan fingerprint density at radius 1 is 1.04 bits per heavy atom. The van der Waals surface area contributed by atoms with Crippen LogP contribution in [0, 0.1) is 0 Å². The largest absolute Gasteiger partial charge is 0.323 e. The number of hydrogen-bond acceptors (Lipinski definition) is 4. The van der Waals surface area contributed by atoms with Gasteiger partial charge in [-0.15, -0.1) is 0 Å². The SMILES string of the molecule is Cn1nc(C(=O)N2CC(=O)Nc3ccccc32)c2ccccc2c1=O. The second kappa shape index (κ2) is 5.55. The highest BCUT2D eigenvalue weighted by atomic mass is 16.2. The first kappa shape index (κ1) is 15.1. The minimum atomic E-state index is -0.422. The van der Waals surface area contributed by atoms with Gasteiger partial charge in [0.1, 0.15) is 6.54 Å². The van der Waals surface area contributed by atoms with Crippen LogP contribution in [0.2, 0.25) is 0 Å². The highest BCUT2D eigenvalue weighted by molar-refractivity contribution is 6.18. The number of nitrogens with zero attached hydrogens (tertiary/aromatic N) is 3. The fourth-order valence-electron chi connectivity index (χ4n) is 3.00. The summed E-state index contributed by atoms with van der Waals surface area (Å²) < 4.78 is 1.14. The Morgan fingerprint density at radius 3 is 2.52 bits per heavy atom. The molecule has 0 fully saturated rings. The number of benzene rings is 2. The molecule has 7 nitrogen and oxygen atoms in total. The van der Waals surface area contributed by atoms with Crippen molar-refractivity contribution in [2.45, 2.75) is 0 Å². The number of nitrogens with one attached hydrogen (secondary N) is 1. The molecule has 25 heavy (non-hydrogen) atoms. The van der Waals surface area contributed by atoms with Gasteiger partial charge in [-0.05, 0) is 18.2 Å². The molecule has 7 heteroatoms. The van der Waals surface area contributed by atoms with Crippen molar-refractivity contribution in [1.29, 1.82) is 0 Å². The first-order valence-electron chi connectivity index (χ1n) is 7.73. The normalized spacial score (nSPS) is 13.5. The highest BCUT2D eigenvalue weighted by Crippen LogP contribution is 2.30. The van der Waals surface area contributed by atoms with Crippen molar-refractivity contribution in [3.63, 3.8) is 0 Å². The molecular weight excluding hydrogens is 320 g/mol. The summed E-state index contributed by atoms with van der Waals surface area (Å²) in [4.78, 5) is 38.8. The molecule has 0 unspecified atom stereocenters. The minimum absolute atomic E-state index is 0.102. The molecule has 3 aromatic rings. The number of carbonyl (C=O) groups excluding carboxylic acids is 2. The number of anilines is 2. The number of aromatic nitrogens is 2. The van der Waals surface area contributed by atoms with Crippen LogP contribution in [0.4, 0.5) is 11.4 Å². The summed E-state index contributed by atoms with van der Waals surface area (Å²) in [7, 11) is 1.50. The number of amides is 2. The summed E-state index contributed by atoms with van der Waals surface area (Å²) in [6, 6.07) is 13.9. The Hall–Kier alpha value is -3.48. The molecule has 124 valence electrons. The minimum Gasteiger partial charge on any atom is -0.323 e. The van der Waals surface area contributed by atoms with E-state index in [2.05, 4.69) is 10.4 Å². The van der Waals surface area contributed by atoms with Gasteiger partial charge in [-0.25, -0.2) is 4.68 Å². The van der Waals surface area contributed by atoms with Crippen LogP contribution < -0.4 is 15.8 Å². The molecule has 2 heterocycles. The molecule has 1 N–H and O–H groups in total. The maximum atomic E-state index is 13.2. The molecule has 0 bridgehead atoms. The van der Waals surface area contributed by atoms with Gasteiger partial charge in [-0.2, -0.15) is 5.10 Å². The van der Waals surface area contributed by atoms with Gasteiger partial charge in [0.2, 0.25) is 5.91 Å². The highest BCUT2D eigenvalue weighted by Gasteiger charge is 2.29. The van der Waals surface area contributed by atoms with Gasteiger partial charge in [0.25, 0.3) is 11.5 Å². The van der Waals surface area contributed by atoms with Gasteiger partial charge in [0.15, 0.2) is 5.69 Å². The van der Waals surface area contributed by atoms with Crippen LogP contribution in [0.5, 0.6) is 0 Å². The van der Waals surface area contributed by atoms with E-state index in [1.807, 2.05) is 0 Å². The number of carbonyl (C=O) groups is 2. The summed E-state index contributed by atoms with van der Waals surface area (Å²) in [5.41, 5.74) is 1.04. The van der Waals surface area contributed by atoms with E-state index in [1.54, 1.807) is 48.5 Å². The van der Waals surface area contributed by atoms with Gasteiger partial charge >= 0.3 is 0 Å². The van der Waals surface area contributed by atoms with E-state index in [9.17, 15) is 14.4 Å². The average molecular weight is 334 g/mol. The third-order valence-corrected chi connectivity index (χ3v) is 4.17. The quantitative estimate of drug-likeness (QED) is 0.731. The predicted octanol–water partition coefficient (Wildman–Crippen LogP) is 1.53. The summed E-state index contributed by atoms with van der Waals surface area (Å²) in [5, 5.41) is 7.79. The lowest BCUT2D eigenvalue weighted by Gasteiger charge is -2.29. The third-order valence-electron chi connectivity index (χ3n) is 4.17. The maximum absolute atomic E-state index is 13.2. The lowest BCUT2D eigenvalue weighted by molar-refractivity contribution is -0.115. The van der Waals surface area contributed by atoms with Gasteiger partial charge in [0, 0.05) is 12.4 Å². The van der Waals surface area contributed by atoms with Crippen LogP contribution in [0.25, 0.3) is 10.8 Å². The number of para-hydroxylation sites is 2. The average Bonchev–Trinajstić information content (AvgIpc) is 2.63. The first-order chi connectivity index (χ1) is 12.1. The zero-order chi connectivity index (χ0) is 17.6. The van der Waals surface area contributed by atoms with E-state index >= 15 is 0 Å². The van der Waals surface area contributed by atoms with Gasteiger partial charge in [-0.1, -0.05) is 30.3 Å². The Labute approximate surface area is 142 Å². The molecule has 0 radical (unpaired) electrons. The summed E-state index contributed by atoms with van der Waals surface area (Å²) in [6.07, 6.45) is 0. The monoisotopic (exact) mass is 334 g/mol. The molecule has 2 aromatic carbocycles. The lowest BCUT2D eigenvalue weighted by atomic mass is 10.1. The Bertz CT molecular complexity index is 1090. The van der Waals surface area contributed by atoms with E-state index in [1.165, 1.54) is 11.9 Å². The number of hydrogen-bond donors (Lipinski definition) is 1. The van der Waals surface area contributed by atoms with E-state index in [4.69, 9.17) is 0 Å². The van der Waals surface area contributed by atoms with Crippen molar-refractivity contribution in [3.05, 3.63) is 64.6 Å². The molecular formula is C18H14N4O3. The second-order valence-electron chi connectivity index (χ2n) is 5.78. The van der Waals surface area contributed by atoms with Crippen LogP contribution >= 0.6 is 0 Å². The first-order valence-corrected chi connectivity index (χ1v) is 7.73. The molecule has 4 rings (SSSR count). The summed E-state index contributed by atoms with van der Waals surface area (Å²) in [5.74, 6) is -0.699. The molecule has 0 saturated carbocycles. The van der Waals surface area contributed by atoms with Crippen molar-refractivity contribution >= 4 is 34.0 Å². The van der Waals surface area contributed by atoms with Crippen molar-refractivity contribution < 1.29 is 9.59 Å². The molecule has 1 aliphatic heterocycles. The Kier molecular flexibility index (Phi) is 3.35. The molecule has 1 aliphatic rings. The topological polar surface area (TPSA) is 84.3 Å². The van der Waals surface area contributed by atoms with Gasteiger partial charge in [-0.3, -0.25) is 19.3 Å². The van der Waals surface area contributed by atoms with Crippen molar-refractivity contribution in [2.75, 3.05) is 16.8 Å². The van der Waals surface area contributed by atoms with Crippen LogP contribution in [-0.4, -0.2) is 28.1 Å². The van der Waals surface area contributed by atoms with Gasteiger partial charge < -0.3 is 5.32 Å². The van der Waals surface area contributed by atoms with Crippen LogP contribution in [0.15, 0.2) is 53.3 Å². The fraction of sp³-hybridized carbons (Fsp3) is 0.111.